The molecule has 7 nitrogen and oxygen atoms in total. The van der Waals surface area contributed by atoms with Crippen LogP contribution in [-0.2, 0) is 14.4 Å². The molecule has 1 heterocycles. The first-order valence-electron chi connectivity index (χ1n) is 11.7. The molecule has 0 aliphatic carbocycles. The monoisotopic (exact) mass is 473 g/mol. The number of morpholine rings is 1. The van der Waals surface area contributed by atoms with Crippen LogP contribution in [0.3, 0.4) is 0 Å². The Bertz CT molecular complexity index is 1140. The maximum absolute atomic E-state index is 13.3. The van der Waals surface area contributed by atoms with E-state index in [9.17, 15) is 9.59 Å². The fourth-order valence-electron chi connectivity index (χ4n) is 4.14. The Hall–Kier alpha value is -3.52. The number of rotatable bonds is 7. The Morgan fingerprint density at radius 1 is 0.886 bits per heavy atom. The molecule has 0 radical (unpaired) electrons. The number of ether oxygens (including phenoxy) is 1. The van der Waals surface area contributed by atoms with Gasteiger partial charge in [-0.1, -0.05) is 42.5 Å². The summed E-state index contributed by atoms with van der Waals surface area (Å²) in [5.41, 5.74) is 3.18. The minimum atomic E-state index is -0.751. The Balaban J connectivity index is 1.42. The summed E-state index contributed by atoms with van der Waals surface area (Å²) in [6, 6.07) is 24.5. The molecule has 1 saturated heterocycles. The van der Waals surface area contributed by atoms with E-state index in [-0.39, 0.29) is 11.8 Å². The van der Waals surface area contributed by atoms with Gasteiger partial charge in [-0.05, 0) is 61.4 Å². The fourth-order valence-corrected chi connectivity index (χ4v) is 4.14. The highest BCUT2D eigenvalue weighted by atomic mass is 16.7. The van der Waals surface area contributed by atoms with Crippen LogP contribution in [0.15, 0.2) is 78.9 Å². The van der Waals surface area contributed by atoms with Crippen molar-refractivity contribution >= 4 is 23.2 Å². The Morgan fingerprint density at radius 3 is 2.09 bits per heavy atom. The van der Waals surface area contributed by atoms with Gasteiger partial charge in [0.25, 0.3) is 11.8 Å². The topological polar surface area (TPSA) is 71.1 Å². The van der Waals surface area contributed by atoms with Gasteiger partial charge in [0, 0.05) is 24.3 Å². The molecule has 2 amide bonds. The van der Waals surface area contributed by atoms with Crippen molar-refractivity contribution in [2.45, 2.75) is 19.4 Å². The van der Waals surface area contributed by atoms with E-state index in [2.05, 4.69) is 10.2 Å². The lowest BCUT2D eigenvalue weighted by molar-refractivity contribution is -0.138. The Labute approximate surface area is 206 Å². The van der Waals surface area contributed by atoms with Crippen LogP contribution in [0.5, 0.6) is 0 Å². The molecule has 4 rings (SSSR count). The number of hydroxylamine groups is 1. The second-order valence-electron chi connectivity index (χ2n) is 8.88. The van der Waals surface area contributed by atoms with E-state index in [0.717, 1.165) is 11.1 Å². The average Bonchev–Trinajstić information content (AvgIpc) is 2.91. The minimum absolute atomic E-state index is 0.169. The van der Waals surface area contributed by atoms with Crippen molar-refractivity contribution in [1.29, 1.82) is 0 Å². The van der Waals surface area contributed by atoms with E-state index in [0.29, 0.717) is 43.2 Å². The van der Waals surface area contributed by atoms with Crippen LogP contribution in [0.25, 0.3) is 11.1 Å². The molecule has 0 aromatic heterocycles. The second kappa shape index (κ2) is 10.8. The summed E-state index contributed by atoms with van der Waals surface area (Å²) in [7, 11) is 1.47. The standard InChI is InChI=1S/C28H31N3O4/c1-28(2,30-17-19-35-20-18-30)27(33)31(34-3)25-15-13-24(14-16-25)29-26(32)23-11-9-22(10-12-23)21-7-5-4-6-8-21/h4-16H,17-20H2,1-3H3,(H,29,32). The molecule has 0 spiro atoms. The molecule has 0 bridgehead atoms. The minimum Gasteiger partial charge on any atom is -0.379 e. The maximum atomic E-state index is 13.3. The van der Waals surface area contributed by atoms with Gasteiger partial charge in [0.1, 0.15) is 0 Å². The van der Waals surface area contributed by atoms with Gasteiger partial charge in [0.15, 0.2) is 0 Å². The number of hydrogen-bond donors (Lipinski definition) is 1. The first-order valence-corrected chi connectivity index (χ1v) is 11.7. The third-order valence-corrected chi connectivity index (χ3v) is 6.31. The van der Waals surface area contributed by atoms with Gasteiger partial charge in [-0.3, -0.25) is 19.3 Å². The predicted octanol–water partition coefficient (Wildman–Crippen LogP) is 4.61. The van der Waals surface area contributed by atoms with Crippen LogP contribution < -0.4 is 10.4 Å². The summed E-state index contributed by atoms with van der Waals surface area (Å²) in [6.07, 6.45) is 0. The third kappa shape index (κ3) is 5.59. The van der Waals surface area contributed by atoms with Gasteiger partial charge in [0.2, 0.25) is 0 Å². The zero-order valence-corrected chi connectivity index (χ0v) is 20.4. The van der Waals surface area contributed by atoms with E-state index < -0.39 is 5.54 Å². The highest BCUT2D eigenvalue weighted by Gasteiger charge is 2.39. The van der Waals surface area contributed by atoms with Crippen molar-refractivity contribution in [3.05, 3.63) is 84.4 Å². The molecular weight excluding hydrogens is 442 g/mol. The van der Waals surface area contributed by atoms with Crippen LogP contribution in [0.1, 0.15) is 24.2 Å². The molecule has 35 heavy (non-hydrogen) atoms. The summed E-state index contributed by atoms with van der Waals surface area (Å²) in [4.78, 5) is 33.6. The van der Waals surface area contributed by atoms with E-state index >= 15 is 0 Å². The Morgan fingerprint density at radius 2 is 1.49 bits per heavy atom. The molecule has 182 valence electrons. The van der Waals surface area contributed by atoms with Gasteiger partial charge in [-0.25, -0.2) is 0 Å². The molecule has 7 heteroatoms. The first-order chi connectivity index (χ1) is 16.9. The largest absolute Gasteiger partial charge is 0.379 e. The van der Waals surface area contributed by atoms with E-state index in [1.165, 1.54) is 12.2 Å². The van der Waals surface area contributed by atoms with Crippen molar-refractivity contribution in [2.24, 2.45) is 0 Å². The van der Waals surface area contributed by atoms with E-state index in [1.807, 2.05) is 68.4 Å². The van der Waals surface area contributed by atoms with Crippen LogP contribution in [-0.4, -0.2) is 55.7 Å². The highest BCUT2D eigenvalue weighted by Crippen LogP contribution is 2.26. The molecule has 3 aromatic rings. The molecule has 0 unspecified atom stereocenters. The normalized spacial score (nSPS) is 14.4. The number of carbonyl (C=O) groups is 2. The number of hydrogen-bond acceptors (Lipinski definition) is 5. The lowest BCUT2D eigenvalue weighted by atomic mass is 10.0. The van der Waals surface area contributed by atoms with Crippen molar-refractivity contribution < 1.29 is 19.2 Å². The van der Waals surface area contributed by atoms with Crippen LogP contribution in [0.2, 0.25) is 0 Å². The SMILES string of the molecule is CON(C(=O)C(C)(C)N1CCOCC1)c1ccc(NC(=O)c2ccc(-c3ccccc3)cc2)cc1. The molecule has 0 atom stereocenters. The van der Waals surface area contributed by atoms with Crippen LogP contribution >= 0.6 is 0 Å². The first kappa shape index (κ1) is 24.6. The molecule has 1 aliphatic heterocycles. The summed E-state index contributed by atoms with van der Waals surface area (Å²) in [5.74, 6) is -0.373. The summed E-state index contributed by atoms with van der Waals surface area (Å²) in [6.45, 7) is 6.37. The Kier molecular flexibility index (Phi) is 7.60. The quantitative estimate of drug-likeness (QED) is 0.508. The zero-order chi connectivity index (χ0) is 24.8. The number of anilines is 2. The molecule has 0 saturated carbocycles. The van der Waals surface area contributed by atoms with Gasteiger partial charge < -0.3 is 10.1 Å². The maximum Gasteiger partial charge on any atom is 0.270 e. The smallest absolute Gasteiger partial charge is 0.270 e. The zero-order valence-electron chi connectivity index (χ0n) is 20.4. The fraction of sp³-hybridized carbons (Fsp3) is 0.286. The highest BCUT2D eigenvalue weighted by molar-refractivity contribution is 6.04. The summed E-state index contributed by atoms with van der Waals surface area (Å²) in [5, 5.41) is 4.20. The van der Waals surface area contributed by atoms with E-state index in [4.69, 9.17) is 9.57 Å². The lowest BCUT2D eigenvalue weighted by Crippen LogP contribution is -2.59. The van der Waals surface area contributed by atoms with Crippen molar-refractivity contribution in [3.63, 3.8) is 0 Å². The second-order valence-corrected chi connectivity index (χ2v) is 8.88. The predicted molar refractivity (Wildman–Crippen MR) is 137 cm³/mol. The van der Waals surface area contributed by atoms with Gasteiger partial charge in [0.05, 0.1) is 31.5 Å². The summed E-state index contributed by atoms with van der Waals surface area (Å²) < 4.78 is 5.42. The van der Waals surface area contributed by atoms with Gasteiger partial charge in [-0.15, -0.1) is 0 Å². The summed E-state index contributed by atoms with van der Waals surface area (Å²) >= 11 is 0. The number of nitrogens with zero attached hydrogens (tertiary/aromatic N) is 2. The molecular formula is C28H31N3O4. The van der Waals surface area contributed by atoms with Crippen molar-refractivity contribution in [3.8, 4) is 11.1 Å². The molecule has 1 N–H and O–H groups in total. The molecule has 1 fully saturated rings. The molecule has 3 aromatic carbocycles. The number of carbonyl (C=O) groups excluding carboxylic acids is 2. The van der Waals surface area contributed by atoms with Crippen molar-refractivity contribution in [1.82, 2.24) is 4.90 Å². The number of amides is 2. The van der Waals surface area contributed by atoms with Crippen LogP contribution in [0.4, 0.5) is 11.4 Å². The van der Waals surface area contributed by atoms with Crippen LogP contribution in [0, 0.1) is 0 Å². The number of nitrogens with one attached hydrogen (secondary N) is 1. The van der Waals surface area contributed by atoms with Crippen molar-refractivity contribution in [2.75, 3.05) is 43.8 Å². The number of benzene rings is 3. The van der Waals surface area contributed by atoms with Gasteiger partial charge in [-0.2, -0.15) is 5.06 Å². The molecule has 1 aliphatic rings. The van der Waals surface area contributed by atoms with Gasteiger partial charge >= 0.3 is 0 Å². The lowest BCUT2D eigenvalue weighted by Gasteiger charge is -2.41. The third-order valence-electron chi connectivity index (χ3n) is 6.31. The average molecular weight is 474 g/mol. The van der Waals surface area contributed by atoms with E-state index in [1.54, 1.807) is 24.3 Å².